The highest BCUT2D eigenvalue weighted by molar-refractivity contribution is 5.86. The maximum atomic E-state index is 12.0. The van der Waals surface area contributed by atoms with Crippen LogP contribution in [-0.4, -0.2) is 30.6 Å². The summed E-state index contributed by atoms with van der Waals surface area (Å²) in [7, 11) is 0. The molecule has 2 fully saturated rings. The monoisotopic (exact) mass is 240 g/mol. The molecule has 4 nitrogen and oxygen atoms in total. The Morgan fingerprint density at radius 3 is 2.59 bits per heavy atom. The number of ketones is 2. The van der Waals surface area contributed by atoms with Gasteiger partial charge >= 0.3 is 0 Å². The Balaban J connectivity index is 2.07. The fourth-order valence-corrected chi connectivity index (χ4v) is 2.81. The molecule has 1 saturated carbocycles. The Labute approximate surface area is 102 Å². The number of ether oxygens (including phenoxy) is 2. The lowest BCUT2D eigenvalue weighted by Gasteiger charge is -2.41. The number of carbonyl (C=O) groups is 2. The van der Waals surface area contributed by atoms with E-state index in [4.69, 9.17) is 9.47 Å². The third-order valence-electron chi connectivity index (χ3n) is 3.91. The minimum atomic E-state index is -0.556. The smallest absolute Gasteiger partial charge is 0.169 e. The van der Waals surface area contributed by atoms with E-state index in [0.717, 1.165) is 0 Å². The number of Topliss-reactive ketones (excluding diaryl/α,β-unsaturated/α-hetero) is 2. The van der Waals surface area contributed by atoms with Gasteiger partial charge in [0.25, 0.3) is 0 Å². The molecule has 2 rings (SSSR count). The molecular weight excluding hydrogens is 220 g/mol. The molecule has 17 heavy (non-hydrogen) atoms. The van der Waals surface area contributed by atoms with Gasteiger partial charge in [-0.25, -0.2) is 0 Å². The van der Waals surface area contributed by atoms with Crippen molar-refractivity contribution in [2.45, 2.75) is 51.7 Å². The van der Waals surface area contributed by atoms with Crippen LogP contribution in [-0.2, 0) is 19.1 Å². The van der Waals surface area contributed by atoms with Crippen LogP contribution < -0.4 is 0 Å². The lowest BCUT2D eigenvalue weighted by Crippen LogP contribution is -2.46. The fourth-order valence-electron chi connectivity index (χ4n) is 2.81. The maximum absolute atomic E-state index is 12.0. The van der Waals surface area contributed by atoms with Crippen LogP contribution in [0.5, 0.6) is 0 Å². The molecule has 1 aliphatic heterocycles. The van der Waals surface area contributed by atoms with Crippen LogP contribution in [0.1, 0.15) is 46.0 Å². The first kappa shape index (κ1) is 12.7. The molecule has 0 aromatic carbocycles. The fraction of sp³-hybridized carbons (Fsp3) is 0.846. The summed E-state index contributed by atoms with van der Waals surface area (Å²) in [6, 6.07) is 0. The number of carbonyl (C=O) groups excluding carboxylic acids is 2. The highest BCUT2D eigenvalue weighted by Gasteiger charge is 2.50. The third kappa shape index (κ3) is 2.58. The third-order valence-corrected chi connectivity index (χ3v) is 3.91. The molecule has 4 heteroatoms. The Kier molecular flexibility index (Phi) is 3.36. The van der Waals surface area contributed by atoms with Gasteiger partial charge in [0.1, 0.15) is 11.6 Å². The van der Waals surface area contributed by atoms with Crippen LogP contribution in [0.2, 0.25) is 0 Å². The molecule has 2 aliphatic rings. The first-order valence-corrected chi connectivity index (χ1v) is 6.27. The molecule has 1 aliphatic carbocycles. The second kappa shape index (κ2) is 4.50. The van der Waals surface area contributed by atoms with Gasteiger partial charge in [-0.1, -0.05) is 6.92 Å². The zero-order valence-electron chi connectivity index (χ0n) is 10.6. The molecule has 1 heterocycles. The first-order chi connectivity index (χ1) is 7.96. The van der Waals surface area contributed by atoms with E-state index >= 15 is 0 Å². The molecular formula is C13H20O4. The van der Waals surface area contributed by atoms with E-state index in [1.54, 1.807) is 6.92 Å². The second-order valence-corrected chi connectivity index (χ2v) is 5.47. The second-order valence-electron chi connectivity index (χ2n) is 5.47. The van der Waals surface area contributed by atoms with E-state index in [0.29, 0.717) is 45.3 Å². The number of hydrogen-bond acceptors (Lipinski definition) is 4. The van der Waals surface area contributed by atoms with Gasteiger partial charge < -0.3 is 14.3 Å². The van der Waals surface area contributed by atoms with Crippen molar-refractivity contribution in [3.8, 4) is 0 Å². The molecule has 0 bridgehead atoms. The molecule has 0 amide bonds. The molecule has 1 saturated heterocycles. The first-order valence-electron chi connectivity index (χ1n) is 6.27. The summed E-state index contributed by atoms with van der Waals surface area (Å²) in [5, 5.41) is 0. The predicted octanol–water partition coefficient (Wildman–Crippen LogP) is 1.86. The summed E-state index contributed by atoms with van der Waals surface area (Å²) >= 11 is 0. The largest absolute Gasteiger partial charge is 0.347 e. The minimum Gasteiger partial charge on any atom is -0.347 e. The van der Waals surface area contributed by atoms with Gasteiger partial charge in [0, 0.05) is 31.1 Å². The van der Waals surface area contributed by atoms with Gasteiger partial charge in [-0.15, -0.1) is 0 Å². The summed E-state index contributed by atoms with van der Waals surface area (Å²) in [6.07, 6.45) is 2.80. The van der Waals surface area contributed by atoms with Crippen molar-refractivity contribution in [2.24, 2.45) is 5.41 Å². The zero-order valence-corrected chi connectivity index (χ0v) is 10.6. The average molecular weight is 240 g/mol. The van der Waals surface area contributed by atoms with Crippen molar-refractivity contribution in [2.75, 3.05) is 13.2 Å². The van der Waals surface area contributed by atoms with Crippen molar-refractivity contribution < 1.29 is 19.1 Å². The summed E-state index contributed by atoms with van der Waals surface area (Å²) < 4.78 is 11.3. The quantitative estimate of drug-likeness (QED) is 0.755. The van der Waals surface area contributed by atoms with Gasteiger partial charge in [-0.2, -0.15) is 0 Å². The van der Waals surface area contributed by atoms with E-state index in [-0.39, 0.29) is 11.6 Å². The van der Waals surface area contributed by atoms with Crippen LogP contribution in [0.3, 0.4) is 0 Å². The summed E-state index contributed by atoms with van der Waals surface area (Å²) in [4.78, 5) is 23.1. The highest BCUT2D eigenvalue weighted by atomic mass is 16.7. The summed E-state index contributed by atoms with van der Waals surface area (Å²) in [5.74, 6) is -0.185. The molecule has 1 spiro atoms. The van der Waals surface area contributed by atoms with Gasteiger partial charge in [0.2, 0.25) is 0 Å². The lowest BCUT2D eigenvalue weighted by molar-refractivity contribution is -0.201. The van der Waals surface area contributed by atoms with Crippen molar-refractivity contribution in [1.29, 1.82) is 0 Å². The molecule has 0 N–H and O–H groups in total. The van der Waals surface area contributed by atoms with Crippen molar-refractivity contribution in [3.63, 3.8) is 0 Å². The van der Waals surface area contributed by atoms with Gasteiger partial charge in [-0.05, 0) is 13.3 Å². The number of hydrogen-bond donors (Lipinski definition) is 0. The molecule has 1 atom stereocenters. The average Bonchev–Trinajstić information content (AvgIpc) is 2.70. The van der Waals surface area contributed by atoms with Gasteiger partial charge in [-0.3, -0.25) is 4.79 Å². The van der Waals surface area contributed by atoms with E-state index in [1.165, 1.54) is 0 Å². The standard InChI is InChI=1S/C13H20O4/c1-10(14)3-5-12(2)9-13(6-4-11(12)15)16-7-8-17-13/h3-9H2,1-2H3/t12-/m0/s1. The Morgan fingerprint density at radius 2 is 2.00 bits per heavy atom. The van der Waals surface area contributed by atoms with Crippen LogP contribution in [0, 0.1) is 5.41 Å². The predicted molar refractivity (Wildman–Crippen MR) is 61.5 cm³/mol. The molecule has 96 valence electrons. The topological polar surface area (TPSA) is 52.6 Å². The highest BCUT2D eigenvalue weighted by Crippen LogP contribution is 2.45. The number of rotatable bonds is 3. The summed E-state index contributed by atoms with van der Waals surface area (Å²) in [6.45, 7) is 4.72. The van der Waals surface area contributed by atoms with E-state index in [2.05, 4.69) is 0 Å². The van der Waals surface area contributed by atoms with Crippen molar-refractivity contribution >= 4 is 11.6 Å². The maximum Gasteiger partial charge on any atom is 0.169 e. The Morgan fingerprint density at radius 1 is 1.35 bits per heavy atom. The molecule has 0 unspecified atom stereocenters. The normalized spacial score (nSPS) is 32.0. The van der Waals surface area contributed by atoms with E-state index in [1.807, 2.05) is 6.92 Å². The SMILES string of the molecule is CC(=O)CC[C@@]1(C)CC2(CCC1=O)OCCO2. The van der Waals surface area contributed by atoms with Crippen LogP contribution >= 0.6 is 0 Å². The van der Waals surface area contributed by atoms with Gasteiger partial charge in [0.05, 0.1) is 13.2 Å². The lowest BCUT2D eigenvalue weighted by atomic mass is 9.69. The van der Waals surface area contributed by atoms with Crippen molar-refractivity contribution in [1.82, 2.24) is 0 Å². The molecule has 0 radical (unpaired) electrons. The minimum absolute atomic E-state index is 0.131. The van der Waals surface area contributed by atoms with Gasteiger partial charge in [0.15, 0.2) is 5.79 Å². The Bertz CT molecular complexity index is 330. The van der Waals surface area contributed by atoms with Crippen LogP contribution in [0.25, 0.3) is 0 Å². The zero-order chi connectivity index (χ0) is 12.5. The van der Waals surface area contributed by atoms with Crippen molar-refractivity contribution in [3.05, 3.63) is 0 Å². The van der Waals surface area contributed by atoms with E-state index < -0.39 is 11.2 Å². The van der Waals surface area contributed by atoms with Crippen LogP contribution in [0.4, 0.5) is 0 Å². The molecule has 0 aromatic rings. The Hall–Kier alpha value is -0.740. The summed E-state index contributed by atoms with van der Waals surface area (Å²) in [5.41, 5.74) is -0.464. The van der Waals surface area contributed by atoms with E-state index in [9.17, 15) is 9.59 Å². The van der Waals surface area contributed by atoms with Crippen LogP contribution in [0.15, 0.2) is 0 Å². The molecule has 0 aromatic heterocycles.